The van der Waals surface area contributed by atoms with Crippen molar-refractivity contribution < 1.29 is 34.0 Å². The highest BCUT2D eigenvalue weighted by Crippen LogP contribution is 2.22. The fraction of sp³-hybridized carbons (Fsp3) is 0.929. The van der Waals surface area contributed by atoms with Crippen molar-refractivity contribution in [3.63, 3.8) is 0 Å². The number of carbonyl (C=O) groups is 1. The molecule has 4 N–H and O–H groups in total. The van der Waals surface area contributed by atoms with Crippen molar-refractivity contribution >= 4 is 6.03 Å². The van der Waals surface area contributed by atoms with E-state index in [1.807, 2.05) is 0 Å². The monoisotopic (exact) mass is 367 g/mol. The Morgan fingerprint density at radius 1 is 1.28 bits per heavy atom. The summed E-state index contributed by atoms with van der Waals surface area (Å²) in [6.45, 7) is -0.921. The van der Waals surface area contributed by atoms with Crippen LogP contribution in [-0.4, -0.2) is 83.9 Å². The summed E-state index contributed by atoms with van der Waals surface area (Å²) in [4.78, 5) is 23.0. The third-order valence-electron chi connectivity index (χ3n) is 3.99. The van der Waals surface area contributed by atoms with E-state index in [1.54, 1.807) is 0 Å². The maximum absolute atomic E-state index is 12.1. The first-order valence-corrected chi connectivity index (χ1v) is 8.12. The van der Waals surface area contributed by atoms with E-state index in [9.17, 15) is 24.3 Å². The SMILES string of the molecule is CO[C@H]1O[C@H](CO)[C@@H](O)[C@H](O)[C@H]1NC(=O)N(CCCCCCF)N=O. The van der Waals surface area contributed by atoms with Crippen LogP contribution in [0.5, 0.6) is 0 Å². The normalized spacial score (nSPS) is 29.2. The molecular weight excluding hydrogens is 341 g/mol. The number of ether oxygens (including phenoxy) is 2. The Morgan fingerprint density at radius 3 is 2.52 bits per heavy atom. The summed E-state index contributed by atoms with van der Waals surface area (Å²) in [5.74, 6) is 0. The summed E-state index contributed by atoms with van der Waals surface area (Å²) in [5.41, 5.74) is 0. The van der Waals surface area contributed by atoms with Gasteiger partial charge in [-0.15, -0.1) is 4.91 Å². The quantitative estimate of drug-likeness (QED) is 0.235. The van der Waals surface area contributed by atoms with E-state index in [-0.39, 0.29) is 6.54 Å². The minimum Gasteiger partial charge on any atom is -0.394 e. The lowest BCUT2D eigenvalue weighted by Gasteiger charge is -2.41. The summed E-state index contributed by atoms with van der Waals surface area (Å²) >= 11 is 0. The molecule has 11 heteroatoms. The highest BCUT2D eigenvalue weighted by atomic mass is 19.1. The number of aliphatic hydroxyl groups excluding tert-OH is 3. The van der Waals surface area contributed by atoms with Crippen molar-refractivity contribution in [3.05, 3.63) is 4.91 Å². The van der Waals surface area contributed by atoms with Crippen LogP contribution in [0.3, 0.4) is 0 Å². The molecule has 10 nitrogen and oxygen atoms in total. The molecule has 0 aromatic heterocycles. The van der Waals surface area contributed by atoms with Gasteiger partial charge < -0.3 is 30.1 Å². The van der Waals surface area contributed by atoms with Crippen LogP contribution >= 0.6 is 0 Å². The summed E-state index contributed by atoms with van der Waals surface area (Å²) in [6.07, 6.45) is -2.95. The van der Waals surface area contributed by atoms with Gasteiger partial charge in [0.25, 0.3) is 0 Å². The number of hydrogen-bond donors (Lipinski definition) is 4. The van der Waals surface area contributed by atoms with Crippen LogP contribution in [0.2, 0.25) is 0 Å². The lowest BCUT2D eigenvalue weighted by atomic mass is 9.97. The van der Waals surface area contributed by atoms with Crippen molar-refractivity contribution in [2.24, 2.45) is 5.29 Å². The van der Waals surface area contributed by atoms with Crippen LogP contribution in [0.1, 0.15) is 25.7 Å². The van der Waals surface area contributed by atoms with E-state index in [0.717, 1.165) is 0 Å². The molecule has 1 fully saturated rings. The van der Waals surface area contributed by atoms with E-state index in [1.165, 1.54) is 7.11 Å². The van der Waals surface area contributed by atoms with Crippen LogP contribution < -0.4 is 5.32 Å². The molecular formula is C14H26FN3O7. The van der Waals surface area contributed by atoms with E-state index >= 15 is 0 Å². The van der Waals surface area contributed by atoms with Crippen molar-refractivity contribution in [2.75, 3.05) is 26.9 Å². The molecule has 2 amide bonds. The van der Waals surface area contributed by atoms with Gasteiger partial charge in [0.2, 0.25) is 0 Å². The molecule has 0 spiro atoms. The molecule has 0 aromatic rings. The zero-order valence-corrected chi connectivity index (χ0v) is 14.1. The Hall–Kier alpha value is -1.40. The van der Waals surface area contributed by atoms with Crippen molar-refractivity contribution in [3.8, 4) is 0 Å². The van der Waals surface area contributed by atoms with Crippen LogP contribution in [0.25, 0.3) is 0 Å². The average molecular weight is 367 g/mol. The number of unbranched alkanes of at least 4 members (excludes halogenated alkanes) is 3. The number of halogens is 1. The Bertz CT molecular complexity index is 416. The number of nitrogens with zero attached hydrogens (tertiary/aromatic N) is 2. The summed E-state index contributed by atoms with van der Waals surface area (Å²) in [6, 6.07) is -2.05. The molecule has 0 saturated carbocycles. The number of rotatable bonds is 10. The predicted octanol–water partition coefficient (Wildman–Crippen LogP) is -0.337. The maximum atomic E-state index is 12.1. The van der Waals surface area contributed by atoms with Gasteiger partial charge in [0.1, 0.15) is 24.4 Å². The third kappa shape index (κ3) is 6.12. The van der Waals surface area contributed by atoms with E-state index < -0.39 is 50.0 Å². The molecule has 1 heterocycles. The first kappa shape index (κ1) is 21.6. The topological polar surface area (TPSA) is 141 Å². The summed E-state index contributed by atoms with van der Waals surface area (Å²) in [5, 5.41) is 34.7. The van der Waals surface area contributed by atoms with E-state index in [2.05, 4.69) is 10.6 Å². The number of carbonyl (C=O) groups excluding carboxylic acids is 1. The standard InChI is InChI=1S/C14H26FN3O7/c1-24-13-10(12(21)11(20)9(8-19)25-13)16-14(22)18(17-23)7-5-3-2-4-6-15/h9-13,19-21H,2-8H2,1H3,(H,16,22)/t9-,10-,11-,12-,13+/m1/s1. The zero-order valence-electron chi connectivity index (χ0n) is 14.1. The molecule has 5 atom stereocenters. The number of methoxy groups -OCH3 is 1. The fourth-order valence-corrected chi connectivity index (χ4v) is 2.54. The molecule has 0 aromatic carbocycles. The van der Waals surface area contributed by atoms with Gasteiger partial charge in [0.15, 0.2) is 6.29 Å². The first-order valence-electron chi connectivity index (χ1n) is 8.12. The molecule has 1 aliphatic heterocycles. The predicted molar refractivity (Wildman–Crippen MR) is 84.0 cm³/mol. The third-order valence-corrected chi connectivity index (χ3v) is 3.99. The van der Waals surface area contributed by atoms with Crippen LogP contribution in [0.15, 0.2) is 5.29 Å². The van der Waals surface area contributed by atoms with Crippen molar-refractivity contribution in [2.45, 2.75) is 56.3 Å². The molecule has 1 saturated heterocycles. The lowest BCUT2D eigenvalue weighted by molar-refractivity contribution is -0.261. The van der Waals surface area contributed by atoms with Gasteiger partial charge in [0.05, 0.1) is 18.6 Å². The summed E-state index contributed by atoms with van der Waals surface area (Å²) in [7, 11) is 1.27. The number of nitroso groups, excluding NO2 is 1. The second kappa shape index (κ2) is 11.3. The zero-order chi connectivity index (χ0) is 18.8. The number of alkyl halides is 1. The largest absolute Gasteiger partial charge is 0.394 e. The van der Waals surface area contributed by atoms with Gasteiger partial charge in [-0.3, -0.25) is 4.39 Å². The van der Waals surface area contributed by atoms with Gasteiger partial charge >= 0.3 is 6.03 Å². The van der Waals surface area contributed by atoms with Gasteiger partial charge in [-0.2, -0.15) is 5.01 Å². The second-order valence-corrected chi connectivity index (χ2v) is 5.73. The Kier molecular flexibility index (Phi) is 9.75. The Labute approximate surface area is 144 Å². The number of amides is 2. The van der Waals surface area contributed by atoms with E-state index in [4.69, 9.17) is 14.6 Å². The van der Waals surface area contributed by atoms with Gasteiger partial charge in [0, 0.05) is 13.7 Å². The number of urea groups is 1. The Morgan fingerprint density at radius 2 is 1.96 bits per heavy atom. The van der Waals surface area contributed by atoms with Crippen LogP contribution in [0, 0.1) is 4.91 Å². The van der Waals surface area contributed by atoms with Crippen LogP contribution in [-0.2, 0) is 9.47 Å². The van der Waals surface area contributed by atoms with Crippen molar-refractivity contribution in [1.82, 2.24) is 10.3 Å². The summed E-state index contributed by atoms with van der Waals surface area (Å²) < 4.78 is 22.3. The van der Waals surface area contributed by atoms with Gasteiger partial charge in [-0.05, 0) is 12.8 Å². The average Bonchev–Trinajstić information content (AvgIpc) is 2.62. The van der Waals surface area contributed by atoms with Crippen molar-refractivity contribution in [1.29, 1.82) is 0 Å². The molecule has 1 aliphatic rings. The van der Waals surface area contributed by atoms with Gasteiger partial charge in [-0.25, -0.2) is 4.79 Å². The van der Waals surface area contributed by atoms with Crippen LogP contribution in [0.4, 0.5) is 9.18 Å². The highest BCUT2D eigenvalue weighted by Gasteiger charge is 2.45. The number of aliphatic hydroxyl groups is 3. The molecule has 25 heavy (non-hydrogen) atoms. The number of nitrogens with one attached hydrogen (secondary N) is 1. The fourth-order valence-electron chi connectivity index (χ4n) is 2.54. The molecule has 1 rings (SSSR count). The first-order chi connectivity index (χ1) is 12.0. The maximum Gasteiger partial charge on any atom is 0.340 e. The number of hydrogen-bond acceptors (Lipinski definition) is 8. The van der Waals surface area contributed by atoms with Gasteiger partial charge in [-0.1, -0.05) is 12.8 Å². The smallest absolute Gasteiger partial charge is 0.340 e. The second-order valence-electron chi connectivity index (χ2n) is 5.73. The molecule has 0 bridgehead atoms. The lowest BCUT2D eigenvalue weighted by Crippen LogP contribution is -2.65. The highest BCUT2D eigenvalue weighted by molar-refractivity contribution is 5.74. The molecule has 146 valence electrons. The van der Waals surface area contributed by atoms with E-state index in [0.29, 0.717) is 30.7 Å². The molecule has 0 aliphatic carbocycles. The minimum atomic E-state index is -1.47. The Balaban J connectivity index is 2.60. The molecule has 0 radical (unpaired) electrons. The minimum absolute atomic E-state index is 0.0325. The molecule has 0 unspecified atom stereocenters.